The lowest BCUT2D eigenvalue weighted by molar-refractivity contribution is 0.171. The molecular weight excluding hydrogens is 394 g/mol. The summed E-state index contributed by atoms with van der Waals surface area (Å²) in [5.74, 6) is 3.77. The fourth-order valence-electron chi connectivity index (χ4n) is 4.95. The molecule has 8 heteroatoms. The third-order valence-electron chi connectivity index (χ3n) is 6.58. The smallest absolute Gasteiger partial charge is 0.228 e. The van der Waals surface area contributed by atoms with Crippen molar-refractivity contribution in [2.45, 2.75) is 59.0 Å². The van der Waals surface area contributed by atoms with Crippen molar-refractivity contribution >= 4 is 39.1 Å². The predicted molar refractivity (Wildman–Crippen MR) is 126 cm³/mol. The Labute approximate surface area is 182 Å². The minimum Gasteiger partial charge on any atom is -0.341 e. The molecule has 3 aromatic rings. The van der Waals surface area contributed by atoms with Crippen LogP contribution in [0.5, 0.6) is 0 Å². The van der Waals surface area contributed by atoms with Gasteiger partial charge in [0.25, 0.3) is 0 Å². The largest absolute Gasteiger partial charge is 0.341 e. The van der Waals surface area contributed by atoms with Gasteiger partial charge in [0, 0.05) is 35.8 Å². The summed E-state index contributed by atoms with van der Waals surface area (Å²) in [6.07, 6.45) is 3.50. The summed E-state index contributed by atoms with van der Waals surface area (Å²) in [4.78, 5) is 14.4. The number of anilines is 3. The van der Waals surface area contributed by atoms with Gasteiger partial charge >= 0.3 is 0 Å². The van der Waals surface area contributed by atoms with Crippen molar-refractivity contribution < 1.29 is 0 Å². The molecule has 7 nitrogen and oxygen atoms in total. The molecule has 0 saturated heterocycles. The number of hydrogen-bond donors (Lipinski definition) is 3. The zero-order valence-electron chi connectivity index (χ0n) is 18.8. The highest BCUT2D eigenvalue weighted by Crippen LogP contribution is 2.37. The van der Waals surface area contributed by atoms with E-state index in [2.05, 4.69) is 66.7 Å². The lowest BCUT2D eigenvalue weighted by atomic mass is 9.73. The van der Waals surface area contributed by atoms with Gasteiger partial charge in [-0.2, -0.15) is 10.1 Å². The molecule has 162 valence electrons. The fourth-order valence-corrected chi connectivity index (χ4v) is 5.82. The van der Waals surface area contributed by atoms with E-state index in [1.807, 2.05) is 13.0 Å². The van der Waals surface area contributed by atoms with Crippen LogP contribution in [0.2, 0.25) is 0 Å². The van der Waals surface area contributed by atoms with Crippen molar-refractivity contribution in [3.8, 4) is 0 Å². The molecule has 1 aliphatic rings. The van der Waals surface area contributed by atoms with E-state index in [0.717, 1.165) is 45.8 Å². The number of aromatic nitrogens is 4. The molecule has 0 bridgehead atoms. The number of thiophene rings is 1. The molecule has 3 N–H and O–H groups in total. The summed E-state index contributed by atoms with van der Waals surface area (Å²) in [5, 5.41) is 15.3. The first-order valence-corrected chi connectivity index (χ1v) is 11.7. The molecule has 3 heterocycles. The van der Waals surface area contributed by atoms with Crippen molar-refractivity contribution in [2.24, 2.45) is 11.8 Å². The average Bonchev–Trinajstić information content (AvgIpc) is 3.30. The molecule has 4 unspecified atom stereocenters. The number of nitrogens with one attached hydrogen (secondary N) is 3. The number of aryl methyl sites for hydroxylation is 2. The Kier molecular flexibility index (Phi) is 5.97. The Hall–Kier alpha value is -2.19. The van der Waals surface area contributed by atoms with E-state index in [1.165, 1.54) is 17.7 Å². The third-order valence-corrected chi connectivity index (χ3v) is 7.52. The van der Waals surface area contributed by atoms with Crippen LogP contribution in [0.3, 0.4) is 0 Å². The van der Waals surface area contributed by atoms with Crippen LogP contribution in [0.4, 0.5) is 17.6 Å². The second kappa shape index (κ2) is 8.51. The van der Waals surface area contributed by atoms with E-state index < -0.39 is 0 Å². The molecule has 1 aliphatic carbocycles. The Balaban J connectivity index is 1.66. The number of nitrogens with zero attached hydrogens (tertiary/aromatic N) is 4. The van der Waals surface area contributed by atoms with Gasteiger partial charge < -0.3 is 15.5 Å². The van der Waals surface area contributed by atoms with Gasteiger partial charge in [0.2, 0.25) is 5.95 Å². The van der Waals surface area contributed by atoms with Gasteiger partial charge in [0.15, 0.2) is 5.82 Å². The number of aromatic amines is 1. The number of fused-ring (bicyclic) bond motifs is 1. The molecule has 30 heavy (non-hydrogen) atoms. The molecule has 4 rings (SSSR count). The molecule has 0 radical (unpaired) electrons. The van der Waals surface area contributed by atoms with Gasteiger partial charge in [-0.3, -0.25) is 5.10 Å². The quantitative estimate of drug-likeness (QED) is 0.532. The highest BCUT2D eigenvalue weighted by Gasteiger charge is 2.36. The Morgan fingerprint density at radius 3 is 2.70 bits per heavy atom. The average molecular weight is 428 g/mol. The first kappa shape index (κ1) is 21.1. The van der Waals surface area contributed by atoms with E-state index >= 15 is 0 Å². The van der Waals surface area contributed by atoms with Crippen LogP contribution in [-0.2, 0) is 0 Å². The maximum atomic E-state index is 4.95. The lowest BCUT2D eigenvalue weighted by Crippen LogP contribution is -2.49. The van der Waals surface area contributed by atoms with Gasteiger partial charge in [0.1, 0.15) is 10.6 Å². The first-order valence-electron chi connectivity index (χ1n) is 10.9. The molecule has 0 amide bonds. The van der Waals surface area contributed by atoms with Crippen LogP contribution in [0.25, 0.3) is 10.2 Å². The molecule has 1 fully saturated rings. The zero-order chi connectivity index (χ0) is 21.4. The molecule has 0 aliphatic heterocycles. The fraction of sp³-hybridized carbons (Fsp3) is 0.591. The van der Waals surface area contributed by atoms with Gasteiger partial charge in [-0.1, -0.05) is 20.3 Å². The molecule has 4 atom stereocenters. The zero-order valence-corrected chi connectivity index (χ0v) is 19.6. The highest BCUT2D eigenvalue weighted by atomic mass is 32.1. The standard InChI is InChI=1S/C22H33N7S/c1-7-16-12(2)8-15(11-18(16)23-5)29(6)22-25-20(24-19-9-13(3)27-28-19)17-10-14(4)30-21(17)26-22/h9-10,12,15-16,18,23H,7-8,11H2,1-6H3,(H2,24,25,26,27,28). The monoisotopic (exact) mass is 427 g/mol. The lowest BCUT2D eigenvalue weighted by Gasteiger charge is -2.43. The van der Waals surface area contributed by atoms with Gasteiger partial charge in [0.05, 0.1) is 5.39 Å². The summed E-state index contributed by atoms with van der Waals surface area (Å²) in [5.41, 5.74) is 1.02. The number of hydrogen-bond acceptors (Lipinski definition) is 7. The summed E-state index contributed by atoms with van der Waals surface area (Å²) in [7, 11) is 4.23. The topological polar surface area (TPSA) is 81.8 Å². The summed E-state index contributed by atoms with van der Waals surface area (Å²) >= 11 is 1.71. The maximum Gasteiger partial charge on any atom is 0.228 e. The number of H-pyrrole nitrogens is 1. The second-order valence-electron chi connectivity index (χ2n) is 8.69. The van der Waals surface area contributed by atoms with Crippen LogP contribution in [0.15, 0.2) is 12.1 Å². The molecule has 3 aromatic heterocycles. The first-order chi connectivity index (χ1) is 14.4. The normalized spacial score (nSPS) is 24.3. The molecule has 0 aromatic carbocycles. The van der Waals surface area contributed by atoms with Crippen LogP contribution >= 0.6 is 11.3 Å². The van der Waals surface area contributed by atoms with Gasteiger partial charge in [-0.15, -0.1) is 11.3 Å². The van der Waals surface area contributed by atoms with Crippen LogP contribution in [0, 0.1) is 25.7 Å². The Morgan fingerprint density at radius 1 is 1.23 bits per heavy atom. The van der Waals surface area contributed by atoms with E-state index in [1.54, 1.807) is 11.3 Å². The Bertz CT molecular complexity index is 1010. The Morgan fingerprint density at radius 2 is 2.03 bits per heavy atom. The second-order valence-corrected chi connectivity index (χ2v) is 9.92. The van der Waals surface area contributed by atoms with Gasteiger partial charge in [-0.25, -0.2) is 4.98 Å². The van der Waals surface area contributed by atoms with Crippen molar-refractivity contribution in [2.75, 3.05) is 24.3 Å². The predicted octanol–water partition coefficient (Wildman–Crippen LogP) is 4.62. The van der Waals surface area contributed by atoms with Crippen LogP contribution < -0.4 is 15.5 Å². The maximum absolute atomic E-state index is 4.95. The van der Waals surface area contributed by atoms with E-state index in [-0.39, 0.29) is 0 Å². The summed E-state index contributed by atoms with van der Waals surface area (Å²) < 4.78 is 0. The van der Waals surface area contributed by atoms with Crippen molar-refractivity contribution in [3.05, 3.63) is 22.7 Å². The SMILES string of the molecule is CCC1C(C)CC(N(C)c2nc(Nc3cc(C)[nH]n3)c3cc(C)sc3n2)CC1NC. The molecular formula is C22H33N7S. The summed E-state index contributed by atoms with van der Waals surface area (Å²) in [6.45, 7) is 8.80. The van der Waals surface area contributed by atoms with Crippen molar-refractivity contribution in [3.63, 3.8) is 0 Å². The minimum absolute atomic E-state index is 0.416. The third kappa shape index (κ3) is 4.03. The number of rotatable bonds is 6. The van der Waals surface area contributed by atoms with Gasteiger partial charge in [-0.05, 0) is 51.6 Å². The molecule has 0 spiro atoms. The van der Waals surface area contributed by atoms with Crippen molar-refractivity contribution in [1.29, 1.82) is 0 Å². The van der Waals surface area contributed by atoms with E-state index in [4.69, 9.17) is 9.97 Å². The van der Waals surface area contributed by atoms with E-state index in [9.17, 15) is 0 Å². The van der Waals surface area contributed by atoms with Crippen molar-refractivity contribution in [1.82, 2.24) is 25.5 Å². The minimum atomic E-state index is 0.416. The highest BCUT2D eigenvalue weighted by molar-refractivity contribution is 7.18. The van der Waals surface area contributed by atoms with Crippen LogP contribution in [-0.4, -0.2) is 46.3 Å². The molecule has 1 saturated carbocycles. The van der Waals surface area contributed by atoms with E-state index in [0.29, 0.717) is 18.0 Å². The van der Waals surface area contributed by atoms with Crippen LogP contribution in [0.1, 0.15) is 43.7 Å². The summed E-state index contributed by atoms with van der Waals surface area (Å²) in [6, 6.07) is 5.08.